The highest BCUT2D eigenvalue weighted by Gasteiger charge is 2.53. The highest BCUT2D eigenvalue weighted by atomic mass is 79.9. The lowest BCUT2D eigenvalue weighted by Gasteiger charge is -2.56. The zero-order valence-electron chi connectivity index (χ0n) is 14.3. The van der Waals surface area contributed by atoms with Crippen LogP contribution >= 0.6 is 15.9 Å². The topological polar surface area (TPSA) is 0 Å². The second-order valence-electron chi connectivity index (χ2n) is 8.77. The van der Waals surface area contributed by atoms with Gasteiger partial charge in [-0.25, -0.2) is 0 Å². The Hall–Kier alpha value is -0.300. The molecule has 0 aliphatic heterocycles. The number of halogens is 1. The highest BCUT2D eigenvalue weighted by molar-refractivity contribution is 9.09. The SMILES string of the molecule is CC1(C)[C@@H](Br)CC[C@]2(C)c3ccc4c(c3CC[C@@H]12)CCCC4. The summed E-state index contributed by atoms with van der Waals surface area (Å²) in [6.07, 6.45) is 10.8. The van der Waals surface area contributed by atoms with Gasteiger partial charge in [0, 0.05) is 4.83 Å². The van der Waals surface area contributed by atoms with Crippen LogP contribution in [-0.2, 0) is 24.7 Å². The quantitative estimate of drug-likeness (QED) is 0.500. The van der Waals surface area contributed by atoms with Gasteiger partial charge in [-0.05, 0) is 90.4 Å². The van der Waals surface area contributed by atoms with Crippen LogP contribution < -0.4 is 0 Å². The molecule has 0 aromatic heterocycles. The van der Waals surface area contributed by atoms with Crippen LogP contribution in [0, 0.1) is 11.3 Å². The van der Waals surface area contributed by atoms with E-state index in [-0.39, 0.29) is 0 Å². The Bertz CT molecular complexity index is 600. The lowest BCUT2D eigenvalue weighted by atomic mass is 9.50. The van der Waals surface area contributed by atoms with Crippen molar-refractivity contribution in [1.29, 1.82) is 0 Å². The molecule has 0 spiro atoms. The number of fused-ring (bicyclic) bond motifs is 5. The van der Waals surface area contributed by atoms with Crippen molar-refractivity contribution < 1.29 is 0 Å². The molecule has 3 atom stereocenters. The van der Waals surface area contributed by atoms with E-state index in [0.29, 0.717) is 15.7 Å². The molecular formula is C21H29Br. The molecule has 0 amide bonds. The maximum Gasteiger partial charge on any atom is 0.0200 e. The van der Waals surface area contributed by atoms with Gasteiger partial charge in [0.05, 0.1) is 0 Å². The van der Waals surface area contributed by atoms with Gasteiger partial charge in [-0.1, -0.05) is 48.8 Å². The Kier molecular flexibility index (Phi) is 3.53. The standard InChI is InChI=1S/C21H29Br/c1-20(2)18-11-9-16-15-7-5-4-6-14(15)8-10-17(16)21(18,3)13-12-19(20)22/h8,10,18-19H,4-7,9,11-13H2,1-3H3/t18-,19-,21+/m0/s1. The Morgan fingerprint density at radius 3 is 2.55 bits per heavy atom. The second-order valence-corrected chi connectivity index (χ2v) is 9.88. The Labute approximate surface area is 144 Å². The van der Waals surface area contributed by atoms with E-state index in [9.17, 15) is 0 Å². The first-order chi connectivity index (χ1) is 10.4. The number of rotatable bonds is 0. The molecule has 3 aliphatic carbocycles. The average Bonchev–Trinajstić information content (AvgIpc) is 2.51. The molecule has 0 N–H and O–H groups in total. The number of hydrogen-bond acceptors (Lipinski definition) is 0. The molecule has 0 heterocycles. The van der Waals surface area contributed by atoms with Gasteiger partial charge in [0.15, 0.2) is 0 Å². The number of alkyl halides is 1. The first-order valence-corrected chi connectivity index (χ1v) is 10.1. The third-order valence-corrected chi connectivity index (χ3v) is 8.98. The maximum atomic E-state index is 4.00. The summed E-state index contributed by atoms with van der Waals surface area (Å²) in [7, 11) is 0. The molecule has 120 valence electrons. The Morgan fingerprint density at radius 2 is 1.73 bits per heavy atom. The third-order valence-electron chi connectivity index (χ3n) is 7.34. The average molecular weight is 361 g/mol. The van der Waals surface area contributed by atoms with Crippen molar-refractivity contribution in [2.24, 2.45) is 11.3 Å². The van der Waals surface area contributed by atoms with E-state index < -0.39 is 0 Å². The van der Waals surface area contributed by atoms with Gasteiger partial charge in [0.1, 0.15) is 0 Å². The van der Waals surface area contributed by atoms with Gasteiger partial charge in [-0.15, -0.1) is 0 Å². The van der Waals surface area contributed by atoms with Crippen molar-refractivity contribution in [2.45, 2.75) is 82.4 Å². The number of benzene rings is 1. The molecule has 0 saturated heterocycles. The van der Waals surface area contributed by atoms with Crippen molar-refractivity contribution in [3.05, 3.63) is 34.4 Å². The minimum Gasteiger partial charge on any atom is -0.0885 e. The highest BCUT2D eigenvalue weighted by Crippen LogP contribution is 2.59. The lowest BCUT2D eigenvalue weighted by molar-refractivity contribution is 0.0490. The Morgan fingerprint density at radius 1 is 0.955 bits per heavy atom. The second kappa shape index (κ2) is 5.10. The summed E-state index contributed by atoms with van der Waals surface area (Å²) in [4.78, 5) is 0.678. The fourth-order valence-electron chi connectivity index (χ4n) is 6.04. The minimum atomic E-state index is 0.397. The first kappa shape index (κ1) is 15.2. The third kappa shape index (κ3) is 2.00. The van der Waals surface area contributed by atoms with Gasteiger partial charge in [-0.3, -0.25) is 0 Å². The van der Waals surface area contributed by atoms with Crippen molar-refractivity contribution >= 4 is 15.9 Å². The predicted molar refractivity (Wildman–Crippen MR) is 98.0 cm³/mol. The van der Waals surface area contributed by atoms with E-state index in [1.165, 1.54) is 51.4 Å². The maximum absolute atomic E-state index is 4.00. The zero-order valence-corrected chi connectivity index (χ0v) is 15.9. The molecule has 3 aliphatic rings. The molecule has 1 saturated carbocycles. The molecule has 1 heteroatoms. The Balaban J connectivity index is 1.84. The van der Waals surface area contributed by atoms with Crippen molar-refractivity contribution in [3.8, 4) is 0 Å². The van der Waals surface area contributed by atoms with Gasteiger partial charge in [0.25, 0.3) is 0 Å². The summed E-state index contributed by atoms with van der Waals surface area (Å²) in [6, 6.07) is 5.00. The lowest BCUT2D eigenvalue weighted by Crippen LogP contribution is -2.52. The van der Waals surface area contributed by atoms with Gasteiger partial charge in [-0.2, -0.15) is 0 Å². The monoisotopic (exact) mass is 360 g/mol. The van der Waals surface area contributed by atoms with Crippen molar-refractivity contribution in [2.75, 3.05) is 0 Å². The van der Waals surface area contributed by atoms with E-state index in [2.05, 4.69) is 48.8 Å². The molecule has 4 rings (SSSR count). The summed E-state index contributed by atoms with van der Waals surface area (Å²) >= 11 is 4.00. The van der Waals surface area contributed by atoms with Gasteiger partial charge < -0.3 is 0 Å². The molecular weight excluding hydrogens is 332 g/mol. The number of hydrogen-bond donors (Lipinski definition) is 0. The fourth-order valence-corrected chi connectivity index (χ4v) is 6.59. The summed E-state index contributed by atoms with van der Waals surface area (Å²) in [5, 5.41) is 0. The minimum absolute atomic E-state index is 0.397. The van der Waals surface area contributed by atoms with Crippen LogP contribution in [0.2, 0.25) is 0 Å². The van der Waals surface area contributed by atoms with E-state index in [1.54, 1.807) is 22.3 Å². The van der Waals surface area contributed by atoms with Gasteiger partial charge >= 0.3 is 0 Å². The molecule has 0 radical (unpaired) electrons. The van der Waals surface area contributed by atoms with Crippen LogP contribution in [0.15, 0.2) is 12.1 Å². The summed E-state index contributed by atoms with van der Waals surface area (Å²) < 4.78 is 0. The number of aryl methyl sites for hydroxylation is 1. The summed E-state index contributed by atoms with van der Waals surface area (Å²) in [6.45, 7) is 7.57. The molecule has 1 aromatic rings. The summed E-state index contributed by atoms with van der Waals surface area (Å²) in [5.74, 6) is 0.812. The molecule has 0 bridgehead atoms. The molecule has 1 fully saturated rings. The van der Waals surface area contributed by atoms with Gasteiger partial charge in [0.2, 0.25) is 0 Å². The molecule has 0 unspecified atom stereocenters. The first-order valence-electron chi connectivity index (χ1n) is 9.23. The van der Waals surface area contributed by atoms with E-state index >= 15 is 0 Å². The van der Waals surface area contributed by atoms with Crippen LogP contribution in [0.1, 0.15) is 75.1 Å². The fraction of sp³-hybridized carbons (Fsp3) is 0.714. The van der Waals surface area contributed by atoms with E-state index in [1.807, 2.05) is 0 Å². The van der Waals surface area contributed by atoms with Crippen molar-refractivity contribution in [3.63, 3.8) is 0 Å². The van der Waals surface area contributed by atoms with E-state index in [4.69, 9.17) is 0 Å². The predicted octanol–water partition coefficient (Wildman–Crippen LogP) is 5.97. The van der Waals surface area contributed by atoms with Crippen LogP contribution in [0.25, 0.3) is 0 Å². The van der Waals surface area contributed by atoms with Crippen LogP contribution in [0.4, 0.5) is 0 Å². The van der Waals surface area contributed by atoms with Crippen LogP contribution in [-0.4, -0.2) is 4.83 Å². The van der Waals surface area contributed by atoms with E-state index in [0.717, 1.165) is 5.92 Å². The van der Waals surface area contributed by atoms with Crippen molar-refractivity contribution in [1.82, 2.24) is 0 Å². The smallest absolute Gasteiger partial charge is 0.0200 e. The summed E-state index contributed by atoms with van der Waals surface area (Å²) in [5.41, 5.74) is 7.70. The normalized spacial score (nSPS) is 36.2. The zero-order chi connectivity index (χ0) is 15.5. The van der Waals surface area contributed by atoms with Crippen LogP contribution in [0.5, 0.6) is 0 Å². The molecule has 0 nitrogen and oxygen atoms in total. The largest absolute Gasteiger partial charge is 0.0885 e. The van der Waals surface area contributed by atoms with Crippen LogP contribution in [0.3, 0.4) is 0 Å². The molecule has 22 heavy (non-hydrogen) atoms. The molecule has 1 aromatic carbocycles.